The first-order valence-corrected chi connectivity index (χ1v) is 4.92. The zero-order chi connectivity index (χ0) is 9.47. The number of aromatic nitrogens is 2. The van der Waals surface area contributed by atoms with E-state index in [0.29, 0.717) is 4.88 Å². The van der Waals surface area contributed by atoms with Gasteiger partial charge in [-0.3, -0.25) is 4.79 Å². The van der Waals surface area contributed by atoms with Crippen LogP contribution in [0.5, 0.6) is 0 Å². The second-order valence-electron chi connectivity index (χ2n) is 4.11. The molecule has 0 atom stereocenters. The number of carbonyl (C=O) groups excluding carboxylic acids is 1. The summed E-state index contributed by atoms with van der Waals surface area (Å²) in [7, 11) is 0. The van der Waals surface area contributed by atoms with E-state index in [1.807, 2.05) is 4.90 Å². The molecule has 0 saturated carbocycles. The molecule has 0 bridgehead atoms. The first-order valence-electron chi connectivity index (χ1n) is 4.15. The fourth-order valence-corrected chi connectivity index (χ4v) is 2.03. The summed E-state index contributed by atoms with van der Waals surface area (Å²) in [4.78, 5) is 14.1. The van der Waals surface area contributed by atoms with Crippen LogP contribution in [-0.4, -0.2) is 33.5 Å². The zero-order valence-electron chi connectivity index (χ0n) is 7.65. The van der Waals surface area contributed by atoms with E-state index in [1.54, 1.807) is 0 Å². The van der Waals surface area contributed by atoms with E-state index in [-0.39, 0.29) is 11.3 Å². The van der Waals surface area contributed by atoms with Crippen LogP contribution in [0.2, 0.25) is 0 Å². The third-order valence-electron chi connectivity index (χ3n) is 2.10. The molecule has 1 aliphatic heterocycles. The molecule has 0 radical (unpaired) electrons. The van der Waals surface area contributed by atoms with Crippen LogP contribution in [0.4, 0.5) is 0 Å². The maximum atomic E-state index is 11.6. The summed E-state index contributed by atoms with van der Waals surface area (Å²) in [6, 6.07) is 0. The van der Waals surface area contributed by atoms with Gasteiger partial charge in [-0.05, 0) is 16.9 Å². The highest BCUT2D eigenvalue weighted by Gasteiger charge is 2.37. The lowest BCUT2D eigenvalue weighted by Crippen LogP contribution is -2.55. The standard InChI is InChI=1S/C8H11N3OS/c1-8(2)4-11(5-8)7(12)6-3-9-10-13-6/h3H,4-5H2,1-2H3. The van der Waals surface area contributed by atoms with Crippen LogP contribution in [-0.2, 0) is 0 Å². The summed E-state index contributed by atoms with van der Waals surface area (Å²) >= 11 is 1.16. The molecule has 2 rings (SSSR count). The van der Waals surface area contributed by atoms with E-state index in [1.165, 1.54) is 6.20 Å². The molecule has 1 fully saturated rings. The van der Waals surface area contributed by atoms with Crippen molar-refractivity contribution in [1.29, 1.82) is 0 Å². The van der Waals surface area contributed by atoms with Crippen LogP contribution < -0.4 is 0 Å². The third kappa shape index (κ3) is 1.56. The number of amides is 1. The second kappa shape index (κ2) is 2.77. The molecular weight excluding hydrogens is 186 g/mol. The highest BCUT2D eigenvalue weighted by atomic mass is 32.1. The zero-order valence-corrected chi connectivity index (χ0v) is 8.47. The second-order valence-corrected chi connectivity index (χ2v) is 4.89. The molecule has 70 valence electrons. The average molecular weight is 197 g/mol. The van der Waals surface area contributed by atoms with E-state index in [2.05, 4.69) is 23.4 Å². The molecule has 1 amide bonds. The van der Waals surface area contributed by atoms with Crippen molar-refractivity contribution in [3.05, 3.63) is 11.1 Å². The molecule has 2 heterocycles. The van der Waals surface area contributed by atoms with Crippen molar-refractivity contribution in [1.82, 2.24) is 14.5 Å². The van der Waals surface area contributed by atoms with Crippen molar-refractivity contribution in [3.8, 4) is 0 Å². The van der Waals surface area contributed by atoms with Gasteiger partial charge in [0, 0.05) is 13.1 Å². The van der Waals surface area contributed by atoms with E-state index in [4.69, 9.17) is 0 Å². The maximum absolute atomic E-state index is 11.6. The summed E-state index contributed by atoms with van der Waals surface area (Å²) in [6.45, 7) is 5.98. The summed E-state index contributed by atoms with van der Waals surface area (Å²) in [5.74, 6) is 0.0642. The Kier molecular flexibility index (Phi) is 1.83. The molecule has 0 aliphatic carbocycles. The van der Waals surface area contributed by atoms with Gasteiger partial charge in [0.15, 0.2) is 0 Å². The predicted octanol–water partition coefficient (Wildman–Crippen LogP) is 1.02. The molecule has 0 N–H and O–H groups in total. The Bertz CT molecular complexity index is 312. The van der Waals surface area contributed by atoms with Gasteiger partial charge in [-0.25, -0.2) is 0 Å². The van der Waals surface area contributed by atoms with Crippen LogP contribution in [0.1, 0.15) is 23.5 Å². The van der Waals surface area contributed by atoms with Gasteiger partial charge in [0.2, 0.25) is 0 Å². The largest absolute Gasteiger partial charge is 0.337 e. The lowest BCUT2D eigenvalue weighted by Gasteiger charge is -2.45. The SMILES string of the molecule is CC1(C)CN(C(=O)c2cnns2)C1. The fourth-order valence-electron chi connectivity index (χ4n) is 1.55. The topological polar surface area (TPSA) is 46.1 Å². The molecule has 0 aromatic carbocycles. The smallest absolute Gasteiger partial charge is 0.267 e. The lowest BCUT2D eigenvalue weighted by atomic mass is 9.84. The van der Waals surface area contributed by atoms with Gasteiger partial charge >= 0.3 is 0 Å². The number of carbonyl (C=O) groups is 1. The Labute approximate surface area is 80.7 Å². The van der Waals surface area contributed by atoms with E-state index in [0.717, 1.165) is 24.6 Å². The number of hydrogen-bond donors (Lipinski definition) is 0. The summed E-state index contributed by atoms with van der Waals surface area (Å²) in [5, 5.41) is 3.64. The van der Waals surface area contributed by atoms with Gasteiger partial charge in [-0.2, -0.15) is 0 Å². The highest BCUT2D eigenvalue weighted by molar-refractivity contribution is 7.07. The monoisotopic (exact) mass is 197 g/mol. The van der Waals surface area contributed by atoms with Gasteiger partial charge in [0.1, 0.15) is 4.88 Å². The molecule has 1 aromatic heterocycles. The Hall–Kier alpha value is -0.970. The predicted molar refractivity (Wildman–Crippen MR) is 49.6 cm³/mol. The van der Waals surface area contributed by atoms with Crippen LogP contribution in [0.3, 0.4) is 0 Å². The Balaban J connectivity index is 2.02. The molecule has 5 heteroatoms. The lowest BCUT2D eigenvalue weighted by molar-refractivity contribution is 0.0240. The minimum atomic E-state index is 0.0642. The van der Waals surface area contributed by atoms with E-state index in [9.17, 15) is 4.79 Å². The van der Waals surface area contributed by atoms with Crippen molar-refractivity contribution in [2.45, 2.75) is 13.8 Å². The van der Waals surface area contributed by atoms with Crippen molar-refractivity contribution < 1.29 is 4.79 Å². The summed E-state index contributed by atoms with van der Waals surface area (Å²) < 4.78 is 3.66. The quantitative estimate of drug-likeness (QED) is 0.675. The molecule has 1 aliphatic rings. The van der Waals surface area contributed by atoms with E-state index >= 15 is 0 Å². The van der Waals surface area contributed by atoms with E-state index < -0.39 is 0 Å². The maximum Gasteiger partial charge on any atom is 0.267 e. The highest BCUT2D eigenvalue weighted by Crippen LogP contribution is 2.30. The first kappa shape index (κ1) is 8.62. The van der Waals surface area contributed by atoms with Crippen LogP contribution in [0, 0.1) is 5.41 Å². The number of likely N-dealkylation sites (tertiary alicyclic amines) is 1. The van der Waals surface area contributed by atoms with Crippen LogP contribution >= 0.6 is 11.5 Å². The Morgan fingerprint density at radius 2 is 2.31 bits per heavy atom. The average Bonchev–Trinajstić information content (AvgIpc) is 2.50. The summed E-state index contributed by atoms with van der Waals surface area (Å²) in [5.41, 5.74) is 0.285. The molecule has 0 unspecified atom stereocenters. The molecule has 1 saturated heterocycles. The third-order valence-corrected chi connectivity index (χ3v) is 2.75. The first-order chi connectivity index (χ1) is 6.08. The number of rotatable bonds is 1. The van der Waals surface area contributed by atoms with Gasteiger partial charge in [0.25, 0.3) is 5.91 Å². The van der Waals surface area contributed by atoms with Gasteiger partial charge in [-0.1, -0.05) is 18.3 Å². The van der Waals surface area contributed by atoms with Crippen molar-refractivity contribution >= 4 is 17.4 Å². The molecule has 4 nitrogen and oxygen atoms in total. The van der Waals surface area contributed by atoms with Crippen molar-refractivity contribution in [2.24, 2.45) is 5.41 Å². The number of hydrogen-bond acceptors (Lipinski definition) is 4. The van der Waals surface area contributed by atoms with Gasteiger partial charge in [-0.15, -0.1) is 5.10 Å². The van der Waals surface area contributed by atoms with Crippen molar-refractivity contribution in [2.75, 3.05) is 13.1 Å². The Morgan fingerprint density at radius 3 is 2.77 bits per heavy atom. The van der Waals surface area contributed by atoms with Crippen LogP contribution in [0.25, 0.3) is 0 Å². The van der Waals surface area contributed by atoms with Crippen molar-refractivity contribution in [3.63, 3.8) is 0 Å². The minimum absolute atomic E-state index is 0.0642. The van der Waals surface area contributed by atoms with Crippen LogP contribution in [0.15, 0.2) is 6.20 Å². The number of nitrogens with zero attached hydrogens (tertiary/aromatic N) is 3. The van der Waals surface area contributed by atoms with Gasteiger partial charge < -0.3 is 4.90 Å². The Morgan fingerprint density at radius 1 is 1.62 bits per heavy atom. The summed E-state index contributed by atoms with van der Waals surface area (Å²) in [6.07, 6.45) is 1.53. The van der Waals surface area contributed by atoms with Gasteiger partial charge in [0.05, 0.1) is 6.20 Å². The molecule has 0 spiro atoms. The molecular formula is C8H11N3OS. The molecule has 13 heavy (non-hydrogen) atoms. The molecule has 1 aromatic rings. The minimum Gasteiger partial charge on any atom is -0.337 e. The normalized spacial score (nSPS) is 19.7. The fraction of sp³-hybridized carbons (Fsp3) is 0.625.